The topological polar surface area (TPSA) is 114 Å². The number of hydrogen-bond donors (Lipinski definition) is 0. The van der Waals surface area contributed by atoms with Crippen molar-refractivity contribution in [3.8, 4) is 0 Å². The molecule has 0 spiro atoms. The molecule has 0 fully saturated rings. The molecule has 0 radical (unpaired) electrons. The van der Waals surface area contributed by atoms with E-state index in [-0.39, 0.29) is 0 Å². The van der Waals surface area contributed by atoms with Crippen LogP contribution in [-0.2, 0) is 19.3 Å². The molecule has 3 aliphatic rings. The van der Waals surface area contributed by atoms with Crippen LogP contribution in [0.25, 0.3) is 65.4 Å². The van der Waals surface area contributed by atoms with Gasteiger partial charge in [0.1, 0.15) is 0 Å². The molecule has 0 N–H and O–H groups in total. The van der Waals surface area contributed by atoms with Crippen LogP contribution < -0.4 is 0 Å². The van der Waals surface area contributed by atoms with Crippen molar-refractivity contribution in [2.75, 3.05) is 0 Å². The summed E-state index contributed by atoms with van der Waals surface area (Å²) in [5.74, 6) is 0. The van der Waals surface area contributed by atoms with Crippen LogP contribution in [0.2, 0.25) is 0 Å². The molecule has 0 saturated heterocycles. The number of hydrogen-bond acceptors (Lipinski definition) is 9. The first kappa shape index (κ1) is 30.7. The third kappa shape index (κ3) is 4.36. The fraction of sp³-hybridized carbons (Fsp3) is 0.0625. The van der Waals surface area contributed by atoms with Gasteiger partial charge < -0.3 is 0 Å². The normalized spacial score (nSPS) is 14.4. The van der Waals surface area contributed by atoms with Crippen LogP contribution in [0.4, 0.5) is 17.1 Å². The number of aromatic nitrogens is 6. The predicted molar refractivity (Wildman–Crippen MR) is 227 cm³/mol. The lowest BCUT2D eigenvalue weighted by Gasteiger charge is -2.11. The minimum atomic E-state index is 0.629. The molecule has 10 aromatic rings. The molecule has 0 amide bonds. The molecule has 9 nitrogen and oxygen atoms in total. The fourth-order valence-electron chi connectivity index (χ4n) is 9.31. The van der Waals surface area contributed by atoms with E-state index in [1.807, 2.05) is 73.6 Å². The van der Waals surface area contributed by atoms with Gasteiger partial charge in [0, 0.05) is 105 Å². The summed E-state index contributed by atoms with van der Waals surface area (Å²) in [6, 6.07) is 31.3. The van der Waals surface area contributed by atoms with E-state index in [2.05, 4.69) is 54.6 Å². The van der Waals surface area contributed by atoms with E-state index in [4.69, 9.17) is 44.9 Å². The van der Waals surface area contributed by atoms with E-state index in [0.29, 0.717) is 19.3 Å². The van der Waals surface area contributed by atoms with Crippen molar-refractivity contribution in [1.29, 1.82) is 0 Å². The average molecular weight is 730 g/mol. The monoisotopic (exact) mass is 729 g/mol. The molecule has 4 aromatic carbocycles. The van der Waals surface area contributed by atoms with E-state index >= 15 is 0 Å². The zero-order valence-corrected chi connectivity index (χ0v) is 30.3. The van der Waals surface area contributed by atoms with Gasteiger partial charge in [-0.1, -0.05) is 36.4 Å². The molecule has 3 aliphatic heterocycles. The Bertz CT molecular complexity index is 3180. The largest absolute Gasteiger partial charge is 0.256 e. The Morgan fingerprint density at radius 2 is 0.544 bits per heavy atom. The summed E-state index contributed by atoms with van der Waals surface area (Å²) in [6.45, 7) is 0. The van der Waals surface area contributed by atoms with Gasteiger partial charge in [-0.2, -0.15) is 0 Å². The summed E-state index contributed by atoms with van der Waals surface area (Å²) in [5, 5.41) is 6.43. The number of pyridine rings is 6. The van der Waals surface area contributed by atoms with Gasteiger partial charge in [-0.05, 0) is 71.3 Å². The third-order valence-electron chi connectivity index (χ3n) is 11.8. The minimum absolute atomic E-state index is 0.629. The Balaban J connectivity index is 1.02. The van der Waals surface area contributed by atoms with Crippen molar-refractivity contribution in [1.82, 2.24) is 29.9 Å². The van der Waals surface area contributed by atoms with Crippen LogP contribution in [0.1, 0.15) is 33.4 Å². The molecule has 0 bridgehead atoms. The van der Waals surface area contributed by atoms with Crippen LogP contribution in [0.3, 0.4) is 0 Å². The van der Waals surface area contributed by atoms with Gasteiger partial charge in [-0.25, -0.2) is 15.0 Å². The number of nitrogens with zero attached hydrogens (tertiary/aromatic N) is 9. The summed E-state index contributed by atoms with van der Waals surface area (Å²) in [7, 11) is 0. The second kappa shape index (κ2) is 11.4. The van der Waals surface area contributed by atoms with Crippen molar-refractivity contribution >= 4 is 99.6 Å². The van der Waals surface area contributed by atoms with E-state index in [0.717, 1.165) is 133 Å². The third-order valence-corrected chi connectivity index (χ3v) is 11.8. The Morgan fingerprint density at radius 3 is 0.825 bits per heavy atom. The Hall–Kier alpha value is -7.65. The van der Waals surface area contributed by atoms with Crippen molar-refractivity contribution in [3.05, 3.63) is 162 Å². The molecular formula is C48H27N9. The van der Waals surface area contributed by atoms with Gasteiger partial charge in [0.15, 0.2) is 0 Å². The van der Waals surface area contributed by atoms with Crippen molar-refractivity contribution in [2.24, 2.45) is 15.0 Å². The molecule has 9 heteroatoms. The predicted octanol–water partition coefficient (Wildman–Crippen LogP) is 10.0. The molecule has 0 atom stereocenters. The van der Waals surface area contributed by atoms with Crippen molar-refractivity contribution in [2.45, 2.75) is 19.3 Å². The highest BCUT2D eigenvalue weighted by Gasteiger charge is 2.29. The molecule has 6 aromatic heterocycles. The van der Waals surface area contributed by atoms with Crippen molar-refractivity contribution < 1.29 is 0 Å². The molecule has 0 unspecified atom stereocenters. The van der Waals surface area contributed by atoms with Gasteiger partial charge in [-0.3, -0.25) is 29.9 Å². The van der Waals surface area contributed by atoms with E-state index < -0.39 is 0 Å². The van der Waals surface area contributed by atoms with E-state index in [9.17, 15) is 0 Å². The maximum atomic E-state index is 5.37. The smallest absolute Gasteiger partial charge is 0.0969 e. The van der Waals surface area contributed by atoms with E-state index in [1.54, 1.807) is 0 Å². The average Bonchev–Trinajstić information content (AvgIpc) is 4.06. The lowest BCUT2D eigenvalue weighted by atomic mass is 9.92. The summed E-state index contributed by atoms with van der Waals surface area (Å²) in [5.41, 5.74) is 17.5. The summed E-state index contributed by atoms with van der Waals surface area (Å²) in [6.07, 6.45) is 13.0. The Kier molecular flexibility index (Phi) is 6.15. The molecule has 9 heterocycles. The highest BCUT2D eigenvalue weighted by Crippen LogP contribution is 2.45. The summed E-state index contributed by atoms with van der Waals surface area (Å²) >= 11 is 0. The first-order chi connectivity index (χ1) is 28.2. The van der Waals surface area contributed by atoms with Gasteiger partial charge in [0.25, 0.3) is 0 Å². The van der Waals surface area contributed by atoms with Gasteiger partial charge in [0.05, 0.1) is 67.3 Å². The molecule has 13 rings (SSSR count). The summed E-state index contributed by atoms with van der Waals surface area (Å²) < 4.78 is 0. The Labute approximate surface area is 324 Å². The van der Waals surface area contributed by atoms with Crippen LogP contribution >= 0.6 is 0 Å². The quantitative estimate of drug-likeness (QED) is 0.167. The standard InChI is InChI=1S/C48H27N9/c1-7-28-31-10-4-16-52-43(31)46-34(40(28)49-13-1)22-37(55-46)25-19-26(38-23-35-41-29(8-2-14-50-41)32-11-5-17-53-44(32)47(35)56-38)21-27(20-25)39-24-36-42-30(9-3-15-51-42)33-12-6-18-54-45(33)48(36)57-39/h1-21H,22-24H2. The maximum Gasteiger partial charge on any atom is 0.0969 e. The zero-order chi connectivity index (χ0) is 37.2. The highest BCUT2D eigenvalue weighted by atomic mass is 14.9. The molecule has 264 valence electrons. The number of benzene rings is 4. The maximum absolute atomic E-state index is 5.37. The zero-order valence-electron chi connectivity index (χ0n) is 30.3. The lowest BCUT2D eigenvalue weighted by Crippen LogP contribution is -2.10. The second-order valence-corrected chi connectivity index (χ2v) is 14.9. The first-order valence-electron chi connectivity index (χ1n) is 19.1. The Morgan fingerprint density at radius 1 is 0.298 bits per heavy atom. The van der Waals surface area contributed by atoms with E-state index in [1.165, 1.54) is 0 Å². The van der Waals surface area contributed by atoms with Gasteiger partial charge >= 0.3 is 0 Å². The van der Waals surface area contributed by atoms with Gasteiger partial charge in [0.2, 0.25) is 0 Å². The molecule has 57 heavy (non-hydrogen) atoms. The van der Waals surface area contributed by atoms with Crippen LogP contribution in [0, 0.1) is 0 Å². The van der Waals surface area contributed by atoms with Gasteiger partial charge in [-0.15, -0.1) is 0 Å². The number of rotatable bonds is 3. The SMILES string of the molecule is c1cnc2c3c(c4ncccc4c2c1)N=C(c1cc(C2=Nc4c(c5ncccc5c5cccnc45)C2)cc(C2=Nc4c(c5ncccc5c5cccnc45)C2)c1)C3. The summed E-state index contributed by atoms with van der Waals surface area (Å²) in [4.78, 5) is 45.3. The molecule has 0 aliphatic carbocycles. The number of fused-ring (bicyclic) bond motifs is 18. The number of aliphatic imine (C=N–C) groups is 3. The molecular weight excluding hydrogens is 703 g/mol. The second-order valence-electron chi connectivity index (χ2n) is 14.9. The fourth-order valence-corrected chi connectivity index (χ4v) is 9.31. The van der Waals surface area contributed by atoms with Crippen LogP contribution in [0.5, 0.6) is 0 Å². The van der Waals surface area contributed by atoms with Crippen LogP contribution in [-0.4, -0.2) is 47.0 Å². The highest BCUT2D eigenvalue weighted by molar-refractivity contribution is 6.23. The van der Waals surface area contributed by atoms with Crippen LogP contribution in [0.15, 0.2) is 143 Å². The molecule has 0 saturated carbocycles. The van der Waals surface area contributed by atoms with Crippen molar-refractivity contribution in [3.63, 3.8) is 0 Å². The lowest BCUT2D eigenvalue weighted by molar-refractivity contribution is 1.32. The minimum Gasteiger partial charge on any atom is -0.256 e. The first-order valence-corrected chi connectivity index (χ1v) is 19.1.